The number of rotatable bonds is 3. The molecular formula is C16H11FN2O3S. The van der Waals surface area contributed by atoms with Crippen molar-refractivity contribution in [2.45, 2.75) is 6.92 Å². The van der Waals surface area contributed by atoms with Crippen LogP contribution in [0.4, 0.5) is 15.8 Å². The lowest BCUT2D eigenvalue weighted by molar-refractivity contribution is -0.384. The van der Waals surface area contributed by atoms with Gasteiger partial charge in [-0.2, -0.15) is 0 Å². The molecule has 0 bridgehead atoms. The fourth-order valence-electron chi connectivity index (χ4n) is 2.36. The summed E-state index contributed by atoms with van der Waals surface area (Å²) in [6, 6.07) is 10.4. The summed E-state index contributed by atoms with van der Waals surface area (Å²) in [5.74, 6) is -0.783. The zero-order valence-corrected chi connectivity index (χ0v) is 12.8. The summed E-state index contributed by atoms with van der Waals surface area (Å²) in [6.45, 7) is 1.68. The number of hydrogen-bond acceptors (Lipinski definition) is 4. The van der Waals surface area contributed by atoms with E-state index in [0.717, 1.165) is 0 Å². The Labute approximate surface area is 134 Å². The molecule has 1 amide bonds. The number of nitro groups is 1. The third kappa shape index (κ3) is 2.78. The monoisotopic (exact) mass is 330 g/mol. The number of halogens is 1. The van der Waals surface area contributed by atoms with Gasteiger partial charge in [0.25, 0.3) is 11.6 Å². The lowest BCUT2D eigenvalue weighted by atomic mass is 10.1. The number of anilines is 1. The number of thiophene rings is 1. The first kappa shape index (κ1) is 15.1. The third-order valence-corrected chi connectivity index (χ3v) is 4.68. The van der Waals surface area contributed by atoms with Crippen LogP contribution in [0, 0.1) is 22.9 Å². The number of benzene rings is 2. The van der Waals surface area contributed by atoms with Crippen LogP contribution in [0.1, 0.15) is 15.2 Å². The number of nitrogens with one attached hydrogen (secondary N) is 1. The fourth-order valence-corrected chi connectivity index (χ4v) is 3.47. The smallest absolute Gasteiger partial charge is 0.271 e. The second kappa shape index (κ2) is 5.77. The molecular weight excluding hydrogens is 319 g/mol. The van der Waals surface area contributed by atoms with E-state index in [0.29, 0.717) is 26.2 Å². The summed E-state index contributed by atoms with van der Waals surface area (Å²) in [6.07, 6.45) is 0. The molecule has 116 valence electrons. The van der Waals surface area contributed by atoms with Gasteiger partial charge in [0.2, 0.25) is 0 Å². The molecule has 0 unspecified atom stereocenters. The van der Waals surface area contributed by atoms with E-state index in [9.17, 15) is 19.3 Å². The molecule has 1 heterocycles. The molecule has 0 saturated heterocycles. The van der Waals surface area contributed by atoms with Gasteiger partial charge in [-0.25, -0.2) is 4.39 Å². The number of amides is 1. The van der Waals surface area contributed by atoms with Crippen LogP contribution in [0.5, 0.6) is 0 Å². The van der Waals surface area contributed by atoms with Crippen molar-refractivity contribution in [1.29, 1.82) is 0 Å². The van der Waals surface area contributed by atoms with E-state index in [1.54, 1.807) is 25.1 Å². The maximum absolute atomic E-state index is 13.9. The summed E-state index contributed by atoms with van der Waals surface area (Å²) in [5.41, 5.74) is 0.773. The van der Waals surface area contributed by atoms with Crippen molar-refractivity contribution >= 4 is 38.7 Å². The lowest BCUT2D eigenvalue weighted by Gasteiger charge is -2.04. The lowest BCUT2D eigenvalue weighted by Crippen LogP contribution is -2.11. The second-order valence-corrected chi connectivity index (χ2v) is 5.98. The van der Waals surface area contributed by atoms with Crippen LogP contribution in [0.15, 0.2) is 42.5 Å². The van der Waals surface area contributed by atoms with E-state index in [-0.39, 0.29) is 11.5 Å². The fraction of sp³-hybridized carbons (Fsp3) is 0.0625. The van der Waals surface area contributed by atoms with E-state index in [1.165, 1.54) is 35.6 Å². The average Bonchev–Trinajstić information content (AvgIpc) is 2.86. The SMILES string of the molecule is Cc1c(C(=O)Nc2cccc([N+](=O)[O-])c2)sc2cccc(F)c12. The molecule has 2 aromatic carbocycles. The molecule has 0 atom stereocenters. The van der Waals surface area contributed by atoms with Crippen LogP contribution in [0.2, 0.25) is 0 Å². The average molecular weight is 330 g/mol. The molecule has 23 heavy (non-hydrogen) atoms. The molecule has 0 spiro atoms. The summed E-state index contributed by atoms with van der Waals surface area (Å²) < 4.78 is 14.6. The number of aryl methyl sites for hydroxylation is 1. The predicted molar refractivity (Wildman–Crippen MR) is 87.6 cm³/mol. The summed E-state index contributed by atoms with van der Waals surface area (Å²) in [4.78, 5) is 23.0. The normalized spacial score (nSPS) is 10.7. The Hall–Kier alpha value is -2.80. The Morgan fingerprint density at radius 2 is 2.00 bits per heavy atom. The molecule has 5 nitrogen and oxygen atoms in total. The molecule has 3 rings (SSSR count). The Kier molecular flexibility index (Phi) is 3.79. The van der Waals surface area contributed by atoms with Gasteiger partial charge in [0.15, 0.2) is 0 Å². The van der Waals surface area contributed by atoms with Gasteiger partial charge in [-0.3, -0.25) is 14.9 Å². The molecule has 0 fully saturated rings. The highest BCUT2D eigenvalue weighted by Crippen LogP contribution is 2.33. The Morgan fingerprint density at radius 1 is 1.26 bits per heavy atom. The molecule has 0 saturated carbocycles. The number of non-ortho nitro benzene ring substituents is 1. The minimum Gasteiger partial charge on any atom is -0.321 e. The van der Waals surface area contributed by atoms with Crippen LogP contribution in [0.3, 0.4) is 0 Å². The van der Waals surface area contributed by atoms with Crippen molar-refractivity contribution in [1.82, 2.24) is 0 Å². The quantitative estimate of drug-likeness (QED) is 0.567. The summed E-state index contributed by atoms with van der Waals surface area (Å²) in [7, 11) is 0. The van der Waals surface area contributed by atoms with E-state index >= 15 is 0 Å². The van der Waals surface area contributed by atoms with Crippen molar-refractivity contribution in [3.63, 3.8) is 0 Å². The molecule has 0 aliphatic carbocycles. The highest BCUT2D eigenvalue weighted by atomic mass is 32.1. The van der Waals surface area contributed by atoms with Gasteiger partial charge in [-0.15, -0.1) is 11.3 Å². The van der Waals surface area contributed by atoms with Crippen molar-refractivity contribution in [3.05, 3.63) is 68.8 Å². The van der Waals surface area contributed by atoms with Gasteiger partial charge < -0.3 is 5.32 Å². The van der Waals surface area contributed by atoms with Crippen molar-refractivity contribution in [3.8, 4) is 0 Å². The van der Waals surface area contributed by atoms with Crippen LogP contribution >= 0.6 is 11.3 Å². The Balaban J connectivity index is 1.95. The number of carbonyl (C=O) groups is 1. The van der Waals surface area contributed by atoms with Crippen molar-refractivity contribution in [2.24, 2.45) is 0 Å². The van der Waals surface area contributed by atoms with Crippen LogP contribution < -0.4 is 5.32 Å². The maximum atomic E-state index is 13.9. The van der Waals surface area contributed by atoms with Gasteiger partial charge in [0, 0.05) is 27.9 Å². The topological polar surface area (TPSA) is 72.2 Å². The molecule has 0 aliphatic rings. The van der Waals surface area contributed by atoms with Gasteiger partial charge in [-0.05, 0) is 30.7 Å². The molecule has 0 aliphatic heterocycles. The number of carbonyl (C=O) groups excluding carboxylic acids is 1. The predicted octanol–water partition coefficient (Wildman–Crippen LogP) is 4.51. The highest BCUT2D eigenvalue weighted by Gasteiger charge is 2.18. The van der Waals surface area contributed by atoms with Gasteiger partial charge in [-0.1, -0.05) is 12.1 Å². The van der Waals surface area contributed by atoms with E-state index in [1.807, 2.05) is 0 Å². The van der Waals surface area contributed by atoms with Gasteiger partial charge in [0.1, 0.15) is 5.82 Å². The number of fused-ring (bicyclic) bond motifs is 1. The van der Waals surface area contributed by atoms with Gasteiger partial charge >= 0.3 is 0 Å². The third-order valence-electron chi connectivity index (χ3n) is 3.42. The van der Waals surface area contributed by atoms with Gasteiger partial charge in [0.05, 0.1) is 9.80 Å². The van der Waals surface area contributed by atoms with E-state index < -0.39 is 10.8 Å². The van der Waals surface area contributed by atoms with Crippen LogP contribution in [0.25, 0.3) is 10.1 Å². The van der Waals surface area contributed by atoms with Crippen molar-refractivity contribution < 1.29 is 14.1 Å². The molecule has 0 radical (unpaired) electrons. The Morgan fingerprint density at radius 3 is 2.70 bits per heavy atom. The standard InChI is InChI=1S/C16H11FN2O3S/c1-9-14-12(17)6-3-7-13(14)23-15(9)16(20)18-10-4-2-5-11(8-10)19(21)22/h2-8H,1H3,(H,18,20). The highest BCUT2D eigenvalue weighted by molar-refractivity contribution is 7.21. The number of hydrogen-bond donors (Lipinski definition) is 1. The first-order valence-corrected chi connectivity index (χ1v) is 7.52. The zero-order valence-electron chi connectivity index (χ0n) is 12.0. The van der Waals surface area contributed by atoms with Crippen LogP contribution in [-0.4, -0.2) is 10.8 Å². The first-order chi connectivity index (χ1) is 11.0. The molecule has 1 N–H and O–H groups in total. The summed E-state index contributed by atoms with van der Waals surface area (Å²) in [5, 5.41) is 13.8. The zero-order chi connectivity index (χ0) is 16.6. The largest absolute Gasteiger partial charge is 0.321 e. The maximum Gasteiger partial charge on any atom is 0.271 e. The molecule has 3 aromatic rings. The summed E-state index contributed by atoms with van der Waals surface area (Å²) >= 11 is 1.19. The Bertz CT molecular complexity index is 936. The first-order valence-electron chi connectivity index (χ1n) is 6.71. The van der Waals surface area contributed by atoms with Crippen LogP contribution in [-0.2, 0) is 0 Å². The molecule has 1 aromatic heterocycles. The van der Waals surface area contributed by atoms with E-state index in [4.69, 9.17) is 0 Å². The minimum atomic E-state index is -0.532. The number of nitro benzene ring substituents is 1. The minimum absolute atomic E-state index is 0.109. The second-order valence-electron chi connectivity index (χ2n) is 4.93. The van der Waals surface area contributed by atoms with Crippen molar-refractivity contribution in [2.75, 3.05) is 5.32 Å². The number of nitrogens with zero attached hydrogens (tertiary/aromatic N) is 1. The molecule has 7 heteroatoms. The van der Waals surface area contributed by atoms with E-state index in [2.05, 4.69) is 5.32 Å².